The highest BCUT2D eigenvalue weighted by molar-refractivity contribution is 7.13. The first kappa shape index (κ1) is 20.7. The fourth-order valence-electron chi connectivity index (χ4n) is 3.48. The molecule has 31 heavy (non-hydrogen) atoms. The van der Waals surface area contributed by atoms with Gasteiger partial charge in [-0.3, -0.25) is 0 Å². The van der Waals surface area contributed by atoms with E-state index >= 15 is 0 Å². The molecule has 0 amide bonds. The molecule has 0 saturated carbocycles. The summed E-state index contributed by atoms with van der Waals surface area (Å²) in [6.07, 6.45) is 2.96. The molecule has 0 aliphatic carbocycles. The van der Waals surface area contributed by atoms with E-state index in [0.29, 0.717) is 24.3 Å². The molecule has 0 bridgehead atoms. The number of nitrogens with zero attached hydrogens (tertiary/aromatic N) is 2. The molecule has 4 aromatic rings. The van der Waals surface area contributed by atoms with Crippen molar-refractivity contribution in [2.24, 2.45) is 0 Å². The summed E-state index contributed by atoms with van der Waals surface area (Å²) in [5, 5.41) is 2.73. The molecule has 0 aliphatic rings. The summed E-state index contributed by atoms with van der Waals surface area (Å²) in [4.78, 5) is 9.17. The fraction of sp³-hybridized carbons (Fsp3) is 0.167. The van der Waals surface area contributed by atoms with Gasteiger partial charge in [0.25, 0.3) is 0 Å². The number of hydrogen-bond donors (Lipinski definition) is 2. The molecule has 0 radical (unpaired) electrons. The lowest BCUT2D eigenvalue weighted by Crippen LogP contribution is -2.10. The van der Waals surface area contributed by atoms with Crippen LogP contribution in [0, 0.1) is 0 Å². The van der Waals surface area contributed by atoms with Gasteiger partial charge in [0.15, 0.2) is 0 Å². The monoisotopic (exact) mass is 432 g/mol. The molecule has 2 aromatic carbocycles. The van der Waals surface area contributed by atoms with Gasteiger partial charge in [0.05, 0.1) is 14.2 Å². The van der Waals surface area contributed by atoms with Gasteiger partial charge in [0.1, 0.15) is 28.0 Å². The standard InChI is InChI=1S/C24H24N4O2S/c1-29-17-7-3-15(4-8-17)13-19-21(25)20(14-16-5-9-18(30-2)10-6-16)23(26)28-22(19)24-27-11-12-31-24/h3-12H,13-14H2,1-2H3,(H4,25,26,28). The van der Waals surface area contributed by atoms with Crippen molar-refractivity contribution in [1.29, 1.82) is 0 Å². The van der Waals surface area contributed by atoms with E-state index in [2.05, 4.69) is 4.98 Å². The molecule has 4 N–H and O–H groups in total. The van der Waals surface area contributed by atoms with E-state index in [0.717, 1.165) is 44.5 Å². The Morgan fingerprint density at radius 1 is 0.806 bits per heavy atom. The molecular formula is C24H24N4O2S. The number of methoxy groups -OCH3 is 2. The first-order valence-electron chi connectivity index (χ1n) is 9.81. The summed E-state index contributed by atoms with van der Waals surface area (Å²) in [5.74, 6) is 2.05. The van der Waals surface area contributed by atoms with Gasteiger partial charge in [0.2, 0.25) is 0 Å². The number of ether oxygens (including phenoxy) is 2. The minimum atomic E-state index is 0.428. The zero-order valence-electron chi connectivity index (χ0n) is 17.5. The number of rotatable bonds is 7. The van der Waals surface area contributed by atoms with Gasteiger partial charge in [-0.15, -0.1) is 11.3 Å². The van der Waals surface area contributed by atoms with Crippen molar-refractivity contribution in [1.82, 2.24) is 9.97 Å². The third-order valence-electron chi connectivity index (χ3n) is 5.19. The van der Waals surface area contributed by atoms with E-state index < -0.39 is 0 Å². The zero-order valence-corrected chi connectivity index (χ0v) is 18.3. The van der Waals surface area contributed by atoms with Gasteiger partial charge in [-0.05, 0) is 35.4 Å². The van der Waals surface area contributed by atoms with Crippen molar-refractivity contribution < 1.29 is 9.47 Å². The van der Waals surface area contributed by atoms with Crippen LogP contribution in [-0.2, 0) is 12.8 Å². The molecule has 0 atom stereocenters. The predicted octanol–water partition coefficient (Wildman–Crippen LogP) is 4.57. The highest BCUT2D eigenvalue weighted by atomic mass is 32.1. The number of hydrogen-bond acceptors (Lipinski definition) is 7. The SMILES string of the molecule is COc1ccc(Cc2c(N)nc(-c3nccs3)c(Cc3ccc(OC)cc3)c2N)cc1. The van der Waals surface area contributed by atoms with E-state index in [9.17, 15) is 0 Å². The van der Waals surface area contributed by atoms with Gasteiger partial charge in [-0.2, -0.15) is 0 Å². The smallest absolute Gasteiger partial charge is 0.142 e. The van der Waals surface area contributed by atoms with E-state index in [1.807, 2.05) is 53.9 Å². The van der Waals surface area contributed by atoms with Crippen LogP contribution in [0.25, 0.3) is 10.7 Å². The van der Waals surface area contributed by atoms with Crippen LogP contribution in [-0.4, -0.2) is 24.2 Å². The Bertz CT molecular complexity index is 1160. The normalized spacial score (nSPS) is 10.8. The Hall–Kier alpha value is -3.58. The summed E-state index contributed by atoms with van der Waals surface area (Å²) < 4.78 is 10.5. The minimum absolute atomic E-state index is 0.428. The van der Waals surface area contributed by atoms with E-state index in [-0.39, 0.29) is 0 Å². The average molecular weight is 433 g/mol. The van der Waals surface area contributed by atoms with Crippen LogP contribution in [0.3, 0.4) is 0 Å². The molecule has 2 heterocycles. The van der Waals surface area contributed by atoms with Crippen LogP contribution >= 0.6 is 11.3 Å². The molecule has 0 saturated heterocycles. The highest BCUT2D eigenvalue weighted by Gasteiger charge is 2.20. The molecular weight excluding hydrogens is 408 g/mol. The average Bonchev–Trinajstić information content (AvgIpc) is 3.34. The first-order chi connectivity index (χ1) is 15.1. The van der Waals surface area contributed by atoms with Crippen LogP contribution in [0.5, 0.6) is 11.5 Å². The third-order valence-corrected chi connectivity index (χ3v) is 5.97. The summed E-state index contributed by atoms with van der Waals surface area (Å²) in [5.41, 5.74) is 18.4. The van der Waals surface area contributed by atoms with Crippen LogP contribution in [0.2, 0.25) is 0 Å². The number of aromatic nitrogens is 2. The van der Waals surface area contributed by atoms with Gasteiger partial charge >= 0.3 is 0 Å². The minimum Gasteiger partial charge on any atom is -0.497 e. The van der Waals surface area contributed by atoms with Crippen molar-refractivity contribution in [3.05, 3.63) is 82.4 Å². The number of benzene rings is 2. The Morgan fingerprint density at radius 2 is 1.35 bits per heavy atom. The van der Waals surface area contributed by atoms with Crippen LogP contribution in [0.4, 0.5) is 11.5 Å². The van der Waals surface area contributed by atoms with Crippen molar-refractivity contribution >= 4 is 22.8 Å². The third kappa shape index (κ3) is 4.46. The van der Waals surface area contributed by atoms with Crippen molar-refractivity contribution in [3.8, 4) is 22.2 Å². The topological polar surface area (TPSA) is 96.3 Å². The lowest BCUT2D eigenvalue weighted by Gasteiger charge is -2.17. The fourth-order valence-corrected chi connectivity index (χ4v) is 4.13. The molecule has 7 heteroatoms. The van der Waals surface area contributed by atoms with E-state index in [1.165, 1.54) is 11.3 Å². The molecule has 0 aliphatic heterocycles. The summed E-state index contributed by atoms with van der Waals surface area (Å²) in [6, 6.07) is 15.8. The number of nitrogen functional groups attached to an aromatic ring is 2. The molecule has 6 nitrogen and oxygen atoms in total. The van der Waals surface area contributed by atoms with Gasteiger partial charge in [0, 0.05) is 41.2 Å². The maximum absolute atomic E-state index is 6.71. The number of anilines is 2. The predicted molar refractivity (Wildman–Crippen MR) is 126 cm³/mol. The van der Waals surface area contributed by atoms with Crippen molar-refractivity contribution in [2.45, 2.75) is 12.8 Å². The Morgan fingerprint density at radius 3 is 1.84 bits per heavy atom. The van der Waals surface area contributed by atoms with E-state index in [4.69, 9.17) is 25.9 Å². The second-order valence-electron chi connectivity index (χ2n) is 7.10. The molecule has 2 aromatic heterocycles. The number of nitrogens with two attached hydrogens (primary N) is 2. The lowest BCUT2D eigenvalue weighted by atomic mass is 9.95. The van der Waals surface area contributed by atoms with Crippen LogP contribution < -0.4 is 20.9 Å². The molecule has 0 spiro atoms. The highest BCUT2D eigenvalue weighted by Crippen LogP contribution is 2.35. The lowest BCUT2D eigenvalue weighted by molar-refractivity contribution is 0.414. The molecule has 4 rings (SSSR count). The molecule has 0 unspecified atom stereocenters. The van der Waals surface area contributed by atoms with Gasteiger partial charge < -0.3 is 20.9 Å². The Balaban J connectivity index is 1.76. The number of thiazole rings is 1. The van der Waals surface area contributed by atoms with Gasteiger partial charge in [-0.1, -0.05) is 24.3 Å². The maximum atomic E-state index is 6.71. The maximum Gasteiger partial charge on any atom is 0.142 e. The second kappa shape index (κ2) is 9.06. The van der Waals surface area contributed by atoms with Crippen LogP contribution in [0.15, 0.2) is 60.1 Å². The first-order valence-corrected chi connectivity index (χ1v) is 10.7. The summed E-state index contributed by atoms with van der Waals surface area (Å²) in [7, 11) is 3.31. The quantitative estimate of drug-likeness (QED) is 0.444. The zero-order chi connectivity index (χ0) is 21.8. The molecule has 158 valence electrons. The Kier molecular flexibility index (Phi) is 6.04. The van der Waals surface area contributed by atoms with Crippen molar-refractivity contribution in [2.75, 3.05) is 25.7 Å². The summed E-state index contributed by atoms with van der Waals surface area (Å²) in [6.45, 7) is 0. The van der Waals surface area contributed by atoms with Crippen LogP contribution in [0.1, 0.15) is 22.3 Å². The largest absolute Gasteiger partial charge is 0.497 e. The van der Waals surface area contributed by atoms with E-state index in [1.54, 1.807) is 20.4 Å². The molecule has 0 fully saturated rings. The Labute approximate surface area is 185 Å². The summed E-state index contributed by atoms with van der Waals surface area (Å²) >= 11 is 1.52. The van der Waals surface area contributed by atoms with Crippen molar-refractivity contribution in [3.63, 3.8) is 0 Å². The van der Waals surface area contributed by atoms with Gasteiger partial charge in [-0.25, -0.2) is 9.97 Å². The second-order valence-corrected chi connectivity index (χ2v) is 8.00. The number of pyridine rings is 1.